The Kier molecular flexibility index (Phi) is 22.4. The number of nitrogens with one attached hydrogen (secondary N) is 5. The maximum absolute atomic E-state index is 13.2. The van der Waals surface area contributed by atoms with Gasteiger partial charge in [0.1, 0.15) is 23.3 Å². The number of hydrogen-bond donors (Lipinski definition) is 5. The van der Waals surface area contributed by atoms with Crippen LogP contribution >= 0.6 is 0 Å². The topological polar surface area (TPSA) is 309 Å². The van der Waals surface area contributed by atoms with Gasteiger partial charge in [-0.1, -0.05) is 97.1 Å². The van der Waals surface area contributed by atoms with Crippen molar-refractivity contribution >= 4 is 64.2 Å². The summed E-state index contributed by atoms with van der Waals surface area (Å²) in [6.07, 6.45) is 8.08. The number of amides is 5. The summed E-state index contributed by atoms with van der Waals surface area (Å²) in [6, 6.07) is 73.5. The molecule has 0 unspecified atom stereocenters. The summed E-state index contributed by atoms with van der Waals surface area (Å²) in [4.78, 5) is 90.8. The molecule has 0 radical (unpaired) electrons. The molecule has 124 heavy (non-hydrogen) atoms. The quantitative estimate of drug-likeness (QED) is 0.0446. The van der Waals surface area contributed by atoms with E-state index in [1.165, 1.54) is 12.6 Å². The number of methoxy groups -OCH3 is 1. The normalized spacial score (nSPS) is 16.1. The zero-order valence-corrected chi connectivity index (χ0v) is 68.8. The summed E-state index contributed by atoms with van der Waals surface area (Å²) < 4.78 is 54.0. The maximum atomic E-state index is 13.2. The number of fused-ring (bicyclic) bond motifs is 4. The second-order valence-electron chi connectivity index (χ2n) is 31.8. The molecule has 1 saturated heterocycles. The van der Waals surface area contributed by atoms with E-state index in [9.17, 15) is 24.0 Å². The van der Waals surface area contributed by atoms with Crippen molar-refractivity contribution in [3.8, 4) is 96.9 Å². The Bertz CT molecular complexity index is 6020. The van der Waals surface area contributed by atoms with E-state index >= 15 is 0 Å². The smallest absolute Gasteiger partial charge is 0.236 e. The molecule has 5 N–H and O–H groups in total. The van der Waals surface area contributed by atoms with Gasteiger partial charge in [0.2, 0.25) is 62.6 Å². The summed E-state index contributed by atoms with van der Waals surface area (Å²) in [5.74, 6) is 8.08. The second-order valence-corrected chi connectivity index (χ2v) is 31.8. The molecule has 4 aliphatic carbocycles. The molecule has 7 aromatic carbocycles. The molecule has 12 aromatic rings. The molecular formula is C97H92N12O15. The standard InChI is InChI=1S/C26H25N3O4.C25H23N3O4.C24H23N3O3.C22H19N3O4.H2/c30-25(26(10-11-26)19-6-9-22-23(16-19)33-17-32-22)28-24-3-1-2-21(27-24)18-4-7-20(8-5-18)29-12-14-31-15-13-29;1-16(29)26-14-17-5-7-18(8-6-17)20-3-2-4-23(27-20)28-24(30)25(11-12-25)19-9-10-21-22(13-19)32-15-31-21;1-27(2)18-9-6-16(7-10-18)19-4-3-5-22(25-19)26-23(28)24(12-13-24)17-8-11-20-21(14-17)30-15-29-20;1-27-20-8-5-14(12-23-20)16-3-2-4-19(24-16)25-21(26)22(9-10-22)15-6-7-17-18(11-15)29-13-28-17;/h1-9,16H,10-15,17H2,(H,27,28,30);2-10,13H,11-12,14-15H2,1H3,(H,26,29)(H,27,28,30);3-11,14H,12-13,15H2,1-2H3,(H,25,26,28);2-8,11-12H,9-10,13H2,1H3,(H,24,25,26);1H. The summed E-state index contributed by atoms with van der Waals surface area (Å²) in [7, 11) is 5.60. The van der Waals surface area contributed by atoms with Gasteiger partial charge in [-0.3, -0.25) is 24.0 Å². The van der Waals surface area contributed by atoms with Gasteiger partial charge in [-0.2, -0.15) is 0 Å². The van der Waals surface area contributed by atoms with Gasteiger partial charge >= 0.3 is 0 Å². The first-order valence-corrected chi connectivity index (χ1v) is 41.3. The molecule has 4 saturated carbocycles. The molecule has 0 atom stereocenters. The van der Waals surface area contributed by atoms with E-state index in [2.05, 4.69) is 92.7 Å². The molecule has 27 nitrogen and oxygen atoms in total. The Morgan fingerprint density at radius 3 is 1.03 bits per heavy atom. The number of aromatic nitrogens is 5. The van der Waals surface area contributed by atoms with E-state index < -0.39 is 21.7 Å². The molecule has 5 amide bonds. The molecule has 5 aliphatic heterocycles. The molecule has 27 heteroatoms. The highest BCUT2D eigenvalue weighted by atomic mass is 16.7. The summed E-state index contributed by atoms with van der Waals surface area (Å²) in [5.41, 5.74) is 11.9. The molecule has 0 spiro atoms. The van der Waals surface area contributed by atoms with Crippen molar-refractivity contribution in [1.82, 2.24) is 30.2 Å². The predicted molar refractivity (Wildman–Crippen MR) is 468 cm³/mol. The molecule has 9 aliphatic rings. The number of nitrogens with zero attached hydrogens (tertiary/aromatic N) is 7. The van der Waals surface area contributed by atoms with Gasteiger partial charge in [0, 0.05) is 88.0 Å². The Labute approximate surface area is 717 Å². The highest BCUT2D eigenvalue weighted by Gasteiger charge is 2.55. The SMILES string of the molecule is CC(=O)NCc1ccc(-c2cccc(NC(=O)C3(c4ccc5c(c4)OCO5)CC3)n2)cc1.CN(C)c1ccc(-c2cccc(NC(=O)C3(c4ccc5c(c4)OCO5)CC3)n2)cc1.COc1ccc(-c2cccc(NC(=O)C3(c4ccc5c(c4)OCO5)CC3)n2)cn1.O=C(Nc1cccc(-c2ccc(N3CCOCC3)cc2)n1)C1(c2ccc3c(c2)OCO3)CC1.[HH]. The molecular weight excluding hydrogens is 1570 g/mol. The van der Waals surface area contributed by atoms with Crippen molar-refractivity contribution < 1.29 is 72.8 Å². The third-order valence-corrected chi connectivity index (χ3v) is 23.7. The van der Waals surface area contributed by atoms with Crippen LogP contribution in [0.2, 0.25) is 0 Å². The third kappa shape index (κ3) is 17.4. The first-order chi connectivity index (χ1) is 60.5. The van der Waals surface area contributed by atoms with Crippen LogP contribution in [0.1, 0.15) is 87.5 Å². The molecule has 21 rings (SSSR count). The number of carbonyl (C=O) groups excluding carboxylic acids is 5. The minimum Gasteiger partial charge on any atom is -0.481 e. The van der Waals surface area contributed by atoms with Crippen LogP contribution in [0.5, 0.6) is 51.9 Å². The van der Waals surface area contributed by atoms with Crippen LogP contribution in [-0.4, -0.2) is 129 Å². The number of carbonyl (C=O) groups is 5. The third-order valence-electron chi connectivity index (χ3n) is 23.7. The number of ether oxygens (including phenoxy) is 10. The highest BCUT2D eigenvalue weighted by Crippen LogP contribution is 2.55. The van der Waals surface area contributed by atoms with Gasteiger partial charge in [-0.05, 0) is 207 Å². The van der Waals surface area contributed by atoms with E-state index in [0.29, 0.717) is 70.2 Å². The van der Waals surface area contributed by atoms with Crippen LogP contribution < -0.4 is 79.0 Å². The van der Waals surface area contributed by atoms with Gasteiger partial charge in [0.05, 0.1) is 64.8 Å². The Morgan fingerprint density at radius 1 is 0.395 bits per heavy atom. The van der Waals surface area contributed by atoms with Gasteiger partial charge in [-0.25, -0.2) is 24.9 Å². The fourth-order valence-corrected chi connectivity index (χ4v) is 15.7. The van der Waals surface area contributed by atoms with E-state index in [4.69, 9.17) is 52.4 Å². The lowest BCUT2D eigenvalue weighted by Crippen LogP contribution is -2.36. The van der Waals surface area contributed by atoms with Gasteiger partial charge in [0.25, 0.3) is 0 Å². The van der Waals surface area contributed by atoms with E-state index in [1.54, 1.807) is 31.5 Å². The van der Waals surface area contributed by atoms with Gasteiger partial charge in [0.15, 0.2) is 46.0 Å². The van der Waals surface area contributed by atoms with Crippen LogP contribution in [0, 0.1) is 0 Å². The average molecular weight is 1670 g/mol. The fourth-order valence-electron chi connectivity index (χ4n) is 15.7. The largest absolute Gasteiger partial charge is 0.481 e. The lowest BCUT2D eigenvalue weighted by Gasteiger charge is -2.28. The Balaban J connectivity index is 0.000000118. The minimum absolute atomic E-state index is 0. The number of anilines is 6. The first-order valence-electron chi connectivity index (χ1n) is 41.3. The molecule has 10 heterocycles. The summed E-state index contributed by atoms with van der Waals surface area (Å²) >= 11 is 0. The summed E-state index contributed by atoms with van der Waals surface area (Å²) in [6.45, 7) is 6.20. The van der Waals surface area contributed by atoms with E-state index in [1.807, 2.05) is 190 Å². The number of benzene rings is 7. The van der Waals surface area contributed by atoms with Crippen LogP contribution in [0.25, 0.3) is 45.0 Å². The number of hydrogen-bond acceptors (Lipinski definition) is 22. The molecule has 5 aromatic heterocycles. The van der Waals surface area contributed by atoms with Crippen molar-refractivity contribution in [2.45, 2.75) is 86.5 Å². The van der Waals surface area contributed by atoms with E-state index in [0.717, 1.165) is 168 Å². The number of pyridine rings is 5. The average Bonchev–Trinajstić information content (AvgIpc) is 1.61. The van der Waals surface area contributed by atoms with Crippen molar-refractivity contribution in [1.29, 1.82) is 0 Å². The van der Waals surface area contributed by atoms with Crippen LogP contribution in [-0.2, 0) is 56.9 Å². The Hall–Kier alpha value is -14.6. The molecule has 5 fully saturated rings. The molecule has 630 valence electrons. The zero-order chi connectivity index (χ0) is 84.9. The second kappa shape index (κ2) is 34.5. The van der Waals surface area contributed by atoms with Crippen molar-refractivity contribution in [2.24, 2.45) is 0 Å². The fraction of sp³-hybridized carbons (Fsp3) is 0.258. The first kappa shape index (κ1) is 80.5. The maximum Gasteiger partial charge on any atom is 0.236 e. The number of rotatable bonds is 21. The Morgan fingerprint density at radius 2 is 0.718 bits per heavy atom. The van der Waals surface area contributed by atoms with Crippen molar-refractivity contribution in [2.75, 3.05) is 106 Å². The lowest BCUT2D eigenvalue weighted by molar-refractivity contribution is -0.119. The lowest BCUT2D eigenvalue weighted by atomic mass is 9.94. The zero-order valence-electron chi connectivity index (χ0n) is 68.8. The minimum atomic E-state index is -0.552. The monoisotopic (exact) mass is 1660 g/mol. The van der Waals surface area contributed by atoms with Gasteiger partial charge < -0.3 is 83.8 Å². The van der Waals surface area contributed by atoms with Gasteiger partial charge in [-0.15, -0.1) is 0 Å². The van der Waals surface area contributed by atoms with Crippen LogP contribution in [0.3, 0.4) is 0 Å². The van der Waals surface area contributed by atoms with Crippen molar-refractivity contribution in [3.63, 3.8) is 0 Å². The van der Waals surface area contributed by atoms with E-state index in [-0.39, 0.29) is 58.1 Å². The number of morpholine rings is 1. The summed E-state index contributed by atoms with van der Waals surface area (Å²) in [5, 5.41) is 14.8. The van der Waals surface area contributed by atoms with Crippen LogP contribution in [0.4, 0.5) is 34.6 Å². The highest BCUT2D eigenvalue weighted by molar-refractivity contribution is 6.04. The van der Waals surface area contributed by atoms with Crippen molar-refractivity contribution in [3.05, 3.63) is 265 Å². The molecule has 0 bridgehead atoms. The predicted octanol–water partition coefficient (Wildman–Crippen LogP) is 15.8. The van der Waals surface area contributed by atoms with Crippen LogP contribution in [0.15, 0.2) is 237 Å².